The monoisotopic (exact) mass is 336 g/mol. The Labute approximate surface area is 144 Å². The number of hydrogen-bond donors (Lipinski definition) is 4. The van der Waals surface area contributed by atoms with E-state index in [1.54, 1.807) is 0 Å². The van der Waals surface area contributed by atoms with E-state index >= 15 is 0 Å². The molecule has 0 heterocycles. The maximum absolute atomic E-state index is 10.9. The Kier molecular flexibility index (Phi) is 4.71. The van der Waals surface area contributed by atoms with Crippen LogP contribution < -0.4 is 0 Å². The average Bonchev–Trinajstić information content (AvgIpc) is 2.58. The number of fused-ring (bicyclic) bond motifs is 3. The largest absolute Gasteiger partial charge is 0.396 e. The van der Waals surface area contributed by atoms with Gasteiger partial charge in [0.15, 0.2) is 0 Å². The lowest BCUT2D eigenvalue weighted by molar-refractivity contribution is -0.150. The number of rotatable bonds is 3. The van der Waals surface area contributed by atoms with Gasteiger partial charge < -0.3 is 20.4 Å². The summed E-state index contributed by atoms with van der Waals surface area (Å²) in [5, 5.41) is 40.8. The van der Waals surface area contributed by atoms with Crippen LogP contribution in [0.5, 0.6) is 0 Å². The van der Waals surface area contributed by atoms with E-state index in [4.69, 9.17) is 0 Å². The highest BCUT2D eigenvalue weighted by atomic mass is 16.3. The Morgan fingerprint density at radius 2 is 1.92 bits per heavy atom. The lowest BCUT2D eigenvalue weighted by Crippen LogP contribution is -2.58. The van der Waals surface area contributed by atoms with Crippen LogP contribution in [0.4, 0.5) is 0 Å². The number of hydrogen-bond acceptors (Lipinski definition) is 4. The molecule has 136 valence electrons. The molecule has 0 saturated heterocycles. The second kappa shape index (κ2) is 6.24. The van der Waals surface area contributed by atoms with E-state index in [0.717, 1.165) is 31.3 Å². The van der Waals surface area contributed by atoms with Crippen LogP contribution in [0.25, 0.3) is 0 Å². The molecule has 0 aromatic heterocycles. The van der Waals surface area contributed by atoms with Gasteiger partial charge in [0.1, 0.15) is 0 Å². The van der Waals surface area contributed by atoms with Gasteiger partial charge in [-0.2, -0.15) is 0 Å². The first-order valence-corrected chi connectivity index (χ1v) is 9.25. The zero-order valence-electron chi connectivity index (χ0n) is 14.9. The minimum absolute atomic E-state index is 0.00316. The maximum atomic E-state index is 10.9. The molecular weight excluding hydrogens is 304 g/mol. The first-order chi connectivity index (χ1) is 11.3. The van der Waals surface area contributed by atoms with E-state index in [1.165, 1.54) is 0 Å². The minimum Gasteiger partial charge on any atom is -0.396 e. The zero-order valence-corrected chi connectivity index (χ0v) is 14.9. The Morgan fingerprint density at radius 3 is 2.54 bits per heavy atom. The Balaban J connectivity index is 1.95. The Morgan fingerprint density at radius 1 is 1.21 bits per heavy atom. The third-order valence-corrected chi connectivity index (χ3v) is 7.65. The van der Waals surface area contributed by atoms with E-state index in [1.807, 2.05) is 6.92 Å². The van der Waals surface area contributed by atoms with Crippen LogP contribution in [-0.4, -0.2) is 45.8 Å². The fourth-order valence-electron chi connectivity index (χ4n) is 5.99. The molecule has 4 nitrogen and oxygen atoms in total. The molecule has 2 fully saturated rings. The molecule has 7 atom stereocenters. The summed E-state index contributed by atoms with van der Waals surface area (Å²) in [7, 11) is 0. The maximum Gasteiger partial charge on any atom is 0.0819 e. The predicted octanol–water partition coefficient (Wildman–Crippen LogP) is 2.03. The molecule has 0 spiro atoms. The number of allylic oxidation sites excluding steroid dienone is 1. The SMILES string of the molecule is C=C(CO)C1CCC2C(=CCC3C(C)(CO)C(O)CCC23C)C1O. The fourth-order valence-corrected chi connectivity index (χ4v) is 5.99. The molecule has 4 N–H and O–H groups in total. The van der Waals surface area contributed by atoms with Crippen LogP contribution in [0.3, 0.4) is 0 Å². The average molecular weight is 336 g/mol. The fraction of sp³-hybridized carbons (Fsp3) is 0.800. The van der Waals surface area contributed by atoms with Gasteiger partial charge in [-0.25, -0.2) is 0 Å². The quantitative estimate of drug-likeness (QED) is 0.595. The van der Waals surface area contributed by atoms with Crippen molar-refractivity contribution in [3.63, 3.8) is 0 Å². The normalized spacial score (nSPS) is 48.2. The van der Waals surface area contributed by atoms with E-state index in [-0.39, 0.29) is 36.4 Å². The van der Waals surface area contributed by atoms with Crippen LogP contribution in [0.2, 0.25) is 0 Å². The second-order valence-corrected chi connectivity index (χ2v) is 8.71. The summed E-state index contributed by atoms with van der Waals surface area (Å²) in [5.74, 6) is 0.445. The van der Waals surface area contributed by atoms with Gasteiger partial charge in [-0.15, -0.1) is 0 Å². The van der Waals surface area contributed by atoms with Crippen LogP contribution >= 0.6 is 0 Å². The molecule has 24 heavy (non-hydrogen) atoms. The molecule has 0 bridgehead atoms. The summed E-state index contributed by atoms with van der Waals surface area (Å²) in [6.07, 6.45) is 5.34. The molecule has 0 aromatic carbocycles. The molecule has 2 saturated carbocycles. The lowest BCUT2D eigenvalue weighted by Gasteiger charge is -2.60. The lowest BCUT2D eigenvalue weighted by atomic mass is 9.45. The first-order valence-electron chi connectivity index (χ1n) is 9.25. The van der Waals surface area contributed by atoms with Crippen molar-refractivity contribution in [2.24, 2.45) is 28.6 Å². The van der Waals surface area contributed by atoms with Gasteiger partial charge in [-0.3, -0.25) is 0 Å². The van der Waals surface area contributed by atoms with Crippen molar-refractivity contribution in [3.05, 3.63) is 23.8 Å². The van der Waals surface area contributed by atoms with Crippen molar-refractivity contribution in [1.82, 2.24) is 0 Å². The van der Waals surface area contributed by atoms with Gasteiger partial charge in [0, 0.05) is 11.3 Å². The summed E-state index contributed by atoms with van der Waals surface area (Å²) in [6.45, 7) is 8.14. The molecule has 4 heteroatoms. The molecule has 0 aromatic rings. The number of aliphatic hydroxyl groups is 4. The first kappa shape index (κ1) is 18.1. The van der Waals surface area contributed by atoms with Gasteiger partial charge in [0.25, 0.3) is 0 Å². The van der Waals surface area contributed by atoms with E-state index in [2.05, 4.69) is 19.6 Å². The van der Waals surface area contributed by atoms with Crippen molar-refractivity contribution in [2.45, 2.75) is 58.2 Å². The van der Waals surface area contributed by atoms with Crippen molar-refractivity contribution in [2.75, 3.05) is 13.2 Å². The van der Waals surface area contributed by atoms with E-state index < -0.39 is 17.6 Å². The Bertz CT molecular complexity index is 542. The number of aliphatic hydroxyl groups excluding tert-OH is 4. The topological polar surface area (TPSA) is 80.9 Å². The van der Waals surface area contributed by atoms with Gasteiger partial charge >= 0.3 is 0 Å². The second-order valence-electron chi connectivity index (χ2n) is 8.71. The third kappa shape index (κ3) is 2.42. The van der Waals surface area contributed by atoms with Gasteiger partial charge in [0.2, 0.25) is 0 Å². The van der Waals surface area contributed by atoms with Crippen molar-refractivity contribution >= 4 is 0 Å². The Hall–Kier alpha value is -0.680. The minimum atomic E-state index is -0.562. The molecule has 3 rings (SSSR count). The summed E-state index contributed by atoms with van der Waals surface area (Å²) in [5.41, 5.74) is 1.32. The highest BCUT2D eigenvalue weighted by Crippen LogP contribution is 2.62. The van der Waals surface area contributed by atoms with Crippen LogP contribution in [-0.2, 0) is 0 Å². The van der Waals surface area contributed by atoms with Crippen LogP contribution in [0.15, 0.2) is 23.8 Å². The molecule has 7 unspecified atom stereocenters. The van der Waals surface area contributed by atoms with E-state index in [0.29, 0.717) is 12.0 Å². The molecule has 0 amide bonds. The highest BCUT2D eigenvalue weighted by Gasteiger charge is 2.58. The summed E-state index contributed by atoms with van der Waals surface area (Å²) < 4.78 is 0. The van der Waals surface area contributed by atoms with E-state index in [9.17, 15) is 20.4 Å². The summed E-state index contributed by atoms with van der Waals surface area (Å²) in [4.78, 5) is 0. The molecule has 3 aliphatic carbocycles. The summed E-state index contributed by atoms with van der Waals surface area (Å²) >= 11 is 0. The molecular formula is C20H32O4. The smallest absolute Gasteiger partial charge is 0.0819 e. The van der Waals surface area contributed by atoms with Gasteiger partial charge in [-0.05, 0) is 60.5 Å². The highest BCUT2D eigenvalue weighted by molar-refractivity contribution is 5.29. The molecule has 0 aliphatic heterocycles. The van der Waals surface area contributed by atoms with Crippen molar-refractivity contribution < 1.29 is 20.4 Å². The van der Waals surface area contributed by atoms with Gasteiger partial charge in [-0.1, -0.05) is 26.5 Å². The van der Waals surface area contributed by atoms with Crippen molar-refractivity contribution in [1.29, 1.82) is 0 Å². The standard InChI is InChI=1S/C20H32O4/c1-12(10-21)13-4-6-15-14(18(13)24)5-7-16-19(15,2)9-8-17(23)20(16,3)11-22/h5,13,15-18,21-24H,1,4,6-11H2,2-3H3. The van der Waals surface area contributed by atoms with Crippen LogP contribution in [0.1, 0.15) is 46.0 Å². The predicted molar refractivity (Wildman–Crippen MR) is 93.2 cm³/mol. The van der Waals surface area contributed by atoms with Crippen LogP contribution in [0, 0.1) is 28.6 Å². The van der Waals surface area contributed by atoms with Gasteiger partial charge in [0.05, 0.1) is 25.4 Å². The molecule has 3 aliphatic rings. The van der Waals surface area contributed by atoms with Crippen molar-refractivity contribution in [3.8, 4) is 0 Å². The molecule has 0 radical (unpaired) electrons. The summed E-state index contributed by atoms with van der Waals surface area (Å²) in [6, 6.07) is 0. The third-order valence-electron chi connectivity index (χ3n) is 7.65. The zero-order chi connectivity index (χ0) is 17.7.